The Morgan fingerprint density at radius 1 is 1.10 bits per heavy atom. The minimum Gasteiger partial charge on any atom is -0.481 e. The third kappa shape index (κ3) is 36.0. The Hall–Kier alpha value is -2.15. The standard InChI is InChI=1S/C8H7NO.C2H4O2.3C2H6/c1-2-10-9-8-6-4-3-5-7-8;1-2(3)4;3*1-2/h1,3-7,9H;1H3,(H,3,4);3*1-2H3. The summed E-state index contributed by atoms with van der Waals surface area (Å²) in [6.45, 7) is 13.1. The summed E-state index contributed by atoms with van der Waals surface area (Å²) in [5.74, 6) is -0.833. The van der Waals surface area contributed by atoms with Gasteiger partial charge in [0.2, 0.25) is 0 Å². The van der Waals surface area contributed by atoms with Crippen LogP contribution in [0.5, 0.6) is 0 Å². The molecule has 0 aliphatic carbocycles. The number of benzene rings is 1. The molecule has 0 saturated carbocycles. The number of rotatable bonds is 2. The maximum Gasteiger partial charge on any atom is 0.300 e. The minimum absolute atomic E-state index is 0.833. The van der Waals surface area contributed by atoms with Gasteiger partial charge in [-0.3, -0.25) is 4.79 Å². The van der Waals surface area contributed by atoms with Gasteiger partial charge in [0.15, 0.2) is 0 Å². The van der Waals surface area contributed by atoms with E-state index in [1.807, 2.05) is 78.0 Å². The molecule has 0 spiro atoms. The smallest absolute Gasteiger partial charge is 0.300 e. The van der Waals surface area contributed by atoms with Crippen molar-refractivity contribution in [1.29, 1.82) is 0 Å². The van der Waals surface area contributed by atoms with Crippen LogP contribution in [0, 0.1) is 12.5 Å². The molecular formula is C16H29NO3. The van der Waals surface area contributed by atoms with Crippen LogP contribution in [0.25, 0.3) is 0 Å². The molecule has 4 heteroatoms. The third-order valence-electron chi connectivity index (χ3n) is 1.00. The Bertz CT molecular complexity index is 301. The molecule has 0 bridgehead atoms. The van der Waals surface area contributed by atoms with Crippen molar-refractivity contribution in [2.75, 3.05) is 5.48 Å². The summed E-state index contributed by atoms with van der Waals surface area (Å²) in [5.41, 5.74) is 3.41. The van der Waals surface area contributed by atoms with Crippen molar-refractivity contribution in [2.45, 2.75) is 48.5 Å². The average Bonchev–Trinajstić information content (AvgIpc) is 2.52. The van der Waals surface area contributed by atoms with Crippen molar-refractivity contribution >= 4 is 11.7 Å². The van der Waals surface area contributed by atoms with Crippen molar-refractivity contribution in [3.63, 3.8) is 0 Å². The van der Waals surface area contributed by atoms with E-state index in [1.165, 1.54) is 0 Å². The molecule has 0 aliphatic heterocycles. The molecule has 0 saturated heterocycles. The zero-order chi connectivity index (χ0) is 16.8. The van der Waals surface area contributed by atoms with Crippen LogP contribution >= 0.6 is 0 Å². The first-order chi connectivity index (χ1) is 9.66. The number of hydrogen-bond donors (Lipinski definition) is 2. The van der Waals surface area contributed by atoms with Crippen LogP contribution in [0.1, 0.15) is 48.5 Å². The Labute approximate surface area is 124 Å². The highest BCUT2D eigenvalue weighted by Gasteiger charge is 1.83. The van der Waals surface area contributed by atoms with Gasteiger partial charge in [0.25, 0.3) is 5.97 Å². The lowest BCUT2D eigenvalue weighted by atomic mass is 10.3. The molecule has 20 heavy (non-hydrogen) atoms. The van der Waals surface area contributed by atoms with Crippen LogP contribution in [0.2, 0.25) is 0 Å². The van der Waals surface area contributed by atoms with Crippen molar-refractivity contribution in [2.24, 2.45) is 0 Å². The maximum atomic E-state index is 9.00. The highest BCUT2D eigenvalue weighted by atomic mass is 16.6. The second kappa shape index (κ2) is 30.1. The van der Waals surface area contributed by atoms with Gasteiger partial charge in [-0.25, -0.2) is 5.48 Å². The first-order valence-corrected chi connectivity index (χ1v) is 6.79. The Balaban J connectivity index is -0.000000108. The molecule has 116 valence electrons. The number of hydrogen-bond acceptors (Lipinski definition) is 3. The van der Waals surface area contributed by atoms with E-state index < -0.39 is 5.97 Å². The second-order valence-electron chi connectivity index (χ2n) is 2.21. The maximum absolute atomic E-state index is 9.00. The quantitative estimate of drug-likeness (QED) is 0.605. The number of carboxylic acids is 1. The topological polar surface area (TPSA) is 58.6 Å². The fourth-order valence-electron chi connectivity index (χ4n) is 0.595. The number of aliphatic carboxylic acids is 1. The van der Waals surface area contributed by atoms with Crippen LogP contribution < -0.4 is 5.48 Å². The molecule has 0 aliphatic rings. The summed E-state index contributed by atoms with van der Waals surface area (Å²) in [4.78, 5) is 13.5. The number of terminal acetylenes is 1. The number of carbonyl (C=O) groups is 1. The number of carboxylic acid groups (broad SMARTS) is 1. The molecule has 1 aromatic carbocycles. The third-order valence-corrected chi connectivity index (χ3v) is 1.00. The lowest BCUT2D eigenvalue weighted by molar-refractivity contribution is -0.134. The van der Waals surface area contributed by atoms with E-state index in [2.05, 4.69) is 10.3 Å². The van der Waals surface area contributed by atoms with E-state index in [1.54, 1.807) is 0 Å². The molecule has 0 fully saturated rings. The van der Waals surface area contributed by atoms with Gasteiger partial charge in [0, 0.05) is 6.92 Å². The van der Waals surface area contributed by atoms with Gasteiger partial charge in [-0.15, -0.1) is 0 Å². The number of nitrogens with one attached hydrogen (secondary N) is 1. The lowest BCUT2D eigenvalue weighted by Gasteiger charge is -1.98. The normalized spacial score (nSPS) is 6.10. The molecule has 0 heterocycles. The lowest BCUT2D eigenvalue weighted by Crippen LogP contribution is -1.93. The molecule has 4 nitrogen and oxygen atoms in total. The van der Waals surface area contributed by atoms with Gasteiger partial charge in [-0.05, 0) is 12.1 Å². The van der Waals surface area contributed by atoms with Crippen molar-refractivity contribution in [3.05, 3.63) is 30.3 Å². The van der Waals surface area contributed by atoms with Gasteiger partial charge in [-0.2, -0.15) is 0 Å². The first-order valence-electron chi connectivity index (χ1n) is 6.79. The number of anilines is 1. The fraction of sp³-hybridized carbons (Fsp3) is 0.438. The highest BCUT2D eigenvalue weighted by molar-refractivity contribution is 5.62. The van der Waals surface area contributed by atoms with Crippen LogP contribution in [0.4, 0.5) is 5.69 Å². The molecule has 0 radical (unpaired) electrons. The summed E-state index contributed by atoms with van der Waals surface area (Å²) in [5, 5.41) is 7.42. The summed E-state index contributed by atoms with van der Waals surface area (Å²) in [7, 11) is 0. The summed E-state index contributed by atoms with van der Waals surface area (Å²) in [6, 6.07) is 9.42. The predicted octanol–water partition coefficient (Wildman–Crippen LogP) is 4.79. The Morgan fingerprint density at radius 3 is 1.75 bits per heavy atom. The predicted molar refractivity (Wildman–Crippen MR) is 87.3 cm³/mol. The van der Waals surface area contributed by atoms with Crippen molar-refractivity contribution in [1.82, 2.24) is 0 Å². The Kier molecular flexibility index (Phi) is 39.8. The zero-order valence-corrected chi connectivity index (χ0v) is 13.7. The average molecular weight is 283 g/mol. The molecule has 1 aromatic rings. The monoisotopic (exact) mass is 283 g/mol. The van der Waals surface area contributed by atoms with E-state index in [0.717, 1.165) is 12.6 Å². The largest absolute Gasteiger partial charge is 0.481 e. The molecule has 0 unspecified atom stereocenters. The van der Waals surface area contributed by atoms with Gasteiger partial charge in [0.05, 0.1) is 5.69 Å². The fourth-order valence-corrected chi connectivity index (χ4v) is 0.595. The Morgan fingerprint density at radius 2 is 1.45 bits per heavy atom. The first kappa shape index (κ1) is 26.4. The molecule has 0 amide bonds. The second-order valence-corrected chi connectivity index (χ2v) is 2.21. The van der Waals surface area contributed by atoms with E-state index >= 15 is 0 Å². The minimum atomic E-state index is -0.833. The van der Waals surface area contributed by atoms with Crippen LogP contribution in [0.3, 0.4) is 0 Å². The van der Waals surface area contributed by atoms with Crippen molar-refractivity contribution in [3.8, 4) is 12.5 Å². The summed E-state index contributed by atoms with van der Waals surface area (Å²) < 4.78 is 0. The molecule has 0 atom stereocenters. The molecule has 1 rings (SSSR count). The van der Waals surface area contributed by atoms with Crippen LogP contribution in [-0.2, 0) is 9.63 Å². The van der Waals surface area contributed by atoms with Gasteiger partial charge < -0.3 is 9.94 Å². The zero-order valence-electron chi connectivity index (χ0n) is 13.7. The van der Waals surface area contributed by atoms with E-state index in [9.17, 15) is 0 Å². The van der Waals surface area contributed by atoms with Gasteiger partial charge in [-0.1, -0.05) is 66.2 Å². The van der Waals surface area contributed by atoms with E-state index in [-0.39, 0.29) is 0 Å². The molecule has 0 aromatic heterocycles. The molecular weight excluding hydrogens is 254 g/mol. The summed E-state index contributed by atoms with van der Waals surface area (Å²) >= 11 is 0. The van der Waals surface area contributed by atoms with E-state index in [0.29, 0.717) is 0 Å². The van der Waals surface area contributed by atoms with Gasteiger partial charge in [0.1, 0.15) is 6.11 Å². The van der Waals surface area contributed by atoms with Crippen LogP contribution in [-0.4, -0.2) is 11.1 Å². The summed E-state index contributed by atoms with van der Waals surface area (Å²) in [6.07, 6.45) is 6.85. The van der Waals surface area contributed by atoms with Gasteiger partial charge >= 0.3 is 0 Å². The van der Waals surface area contributed by atoms with Crippen molar-refractivity contribution < 1.29 is 14.7 Å². The molecule has 2 N–H and O–H groups in total. The highest BCUT2D eigenvalue weighted by Crippen LogP contribution is 2.03. The van der Waals surface area contributed by atoms with E-state index in [4.69, 9.17) is 16.3 Å². The SMILES string of the molecule is C#CONc1ccccc1.CC.CC.CC.CC(=O)O. The number of para-hydroxylation sites is 1. The van der Waals surface area contributed by atoms with Crippen LogP contribution in [0.15, 0.2) is 30.3 Å².